The lowest BCUT2D eigenvalue weighted by Gasteiger charge is -2.10. The van der Waals surface area contributed by atoms with E-state index >= 15 is 0 Å². The molecule has 0 aliphatic heterocycles. The summed E-state index contributed by atoms with van der Waals surface area (Å²) in [6.45, 7) is 0. The largest absolute Gasteiger partial charge is 0.481 e. The Bertz CT molecular complexity index is 333. The molecule has 0 aliphatic carbocycles. The molecule has 1 rings (SSSR count). The standard InChI is InChI=1S/C8H7Br2F2NO/c1-14-8-6(7(11)12)5(10)2-4(3-9)13-8/h2,7H,3H2,1H3. The summed E-state index contributed by atoms with van der Waals surface area (Å²) in [5.74, 6) is -0.0381. The van der Waals surface area contributed by atoms with Crippen molar-refractivity contribution in [1.29, 1.82) is 0 Å². The van der Waals surface area contributed by atoms with E-state index in [-0.39, 0.29) is 11.4 Å². The van der Waals surface area contributed by atoms with Crippen molar-refractivity contribution in [2.24, 2.45) is 0 Å². The van der Waals surface area contributed by atoms with E-state index in [1.165, 1.54) is 7.11 Å². The van der Waals surface area contributed by atoms with Gasteiger partial charge in [-0.2, -0.15) is 0 Å². The van der Waals surface area contributed by atoms with E-state index in [2.05, 4.69) is 36.8 Å². The molecule has 0 aromatic carbocycles. The summed E-state index contributed by atoms with van der Waals surface area (Å²) in [4.78, 5) is 3.91. The maximum Gasteiger partial charge on any atom is 0.270 e. The molecule has 0 aliphatic rings. The van der Waals surface area contributed by atoms with E-state index in [4.69, 9.17) is 4.74 Å². The summed E-state index contributed by atoms with van der Waals surface area (Å²) in [5.41, 5.74) is 0.426. The summed E-state index contributed by atoms with van der Waals surface area (Å²) in [6, 6.07) is 1.54. The minimum absolute atomic E-state index is 0.0381. The minimum atomic E-state index is -2.60. The summed E-state index contributed by atoms with van der Waals surface area (Å²) in [5, 5.41) is 0.492. The molecule has 1 aromatic rings. The topological polar surface area (TPSA) is 22.1 Å². The van der Waals surface area contributed by atoms with Crippen molar-refractivity contribution in [3.05, 3.63) is 21.8 Å². The van der Waals surface area contributed by atoms with Gasteiger partial charge in [0, 0.05) is 9.80 Å². The Kier molecular flexibility index (Phi) is 4.25. The Morgan fingerprint density at radius 1 is 1.57 bits per heavy atom. The van der Waals surface area contributed by atoms with Gasteiger partial charge in [-0.05, 0) is 6.07 Å². The van der Waals surface area contributed by atoms with Gasteiger partial charge in [0.2, 0.25) is 5.88 Å². The molecular formula is C8H7Br2F2NO. The predicted molar refractivity (Wildman–Crippen MR) is 56.1 cm³/mol. The minimum Gasteiger partial charge on any atom is -0.481 e. The lowest BCUT2D eigenvalue weighted by atomic mass is 10.2. The van der Waals surface area contributed by atoms with Crippen molar-refractivity contribution in [2.75, 3.05) is 7.11 Å². The van der Waals surface area contributed by atoms with Gasteiger partial charge in [0.25, 0.3) is 6.43 Å². The maximum absolute atomic E-state index is 12.5. The third-order valence-electron chi connectivity index (χ3n) is 1.57. The molecule has 78 valence electrons. The second kappa shape index (κ2) is 5.02. The predicted octanol–water partition coefficient (Wildman–Crippen LogP) is 3.69. The van der Waals surface area contributed by atoms with E-state index in [0.717, 1.165) is 0 Å². The fourth-order valence-corrected chi connectivity index (χ4v) is 1.86. The Morgan fingerprint density at radius 3 is 2.64 bits per heavy atom. The number of ether oxygens (including phenoxy) is 1. The number of nitrogens with zero attached hydrogens (tertiary/aromatic N) is 1. The van der Waals surface area contributed by atoms with Crippen LogP contribution in [0.1, 0.15) is 17.7 Å². The Hall–Kier alpha value is -0.230. The second-order valence-electron chi connectivity index (χ2n) is 2.45. The lowest BCUT2D eigenvalue weighted by molar-refractivity contribution is 0.145. The molecular weight excluding hydrogens is 324 g/mol. The van der Waals surface area contributed by atoms with Crippen molar-refractivity contribution in [1.82, 2.24) is 4.98 Å². The number of aromatic nitrogens is 1. The first-order chi connectivity index (χ1) is 6.60. The molecule has 0 amide bonds. The van der Waals surface area contributed by atoms with Gasteiger partial charge in [0.05, 0.1) is 18.4 Å². The average Bonchev–Trinajstić information content (AvgIpc) is 2.15. The zero-order valence-electron chi connectivity index (χ0n) is 7.23. The molecule has 0 saturated carbocycles. The van der Waals surface area contributed by atoms with Crippen LogP contribution in [0.2, 0.25) is 0 Å². The SMILES string of the molecule is COc1nc(CBr)cc(Br)c1C(F)F. The molecule has 1 aromatic heterocycles. The molecule has 0 unspecified atom stereocenters. The van der Waals surface area contributed by atoms with Gasteiger partial charge in [-0.1, -0.05) is 31.9 Å². The number of methoxy groups -OCH3 is 1. The van der Waals surface area contributed by atoms with Crippen LogP contribution in [0.25, 0.3) is 0 Å². The zero-order chi connectivity index (χ0) is 10.7. The molecule has 1 heterocycles. The summed E-state index contributed by atoms with van der Waals surface area (Å²) < 4.78 is 30.2. The third kappa shape index (κ3) is 2.42. The van der Waals surface area contributed by atoms with Crippen LogP contribution in [0.4, 0.5) is 8.78 Å². The van der Waals surface area contributed by atoms with E-state index in [1.54, 1.807) is 6.07 Å². The first-order valence-electron chi connectivity index (χ1n) is 3.67. The van der Waals surface area contributed by atoms with Crippen LogP contribution in [0.3, 0.4) is 0 Å². The normalized spacial score (nSPS) is 10.7. The van der Waals surface area contributed by atoms with Crippen molar-refractivity contribution in [3.63, 3.8) is 0 Å². The molecule has 14 heavy (non-hydrogen) atoms. The van der Waals surface area contributed by atoms with Gasteiger partial charge in [-0.3, -0.25) is 0 Å². The number of pyridine rings is 1. The maximum atomic E-state index is 12.5. The second-order valence-corrected chi connectivity index (χ2v) is 3.87. The van der Waals surface area contributed by atoms with Gasteiger partial charge in [0.15, 0.2) is 0 Å². The smallest absolute Gasteiger partial charge is 0.270 e. The monoisotopic (exact) mass is 329 g/mol. The molecule has 0 N–H and O–H groups in total. The van der Waals surface area contributed by atoms with E-state index < -0.39 is 6.43 Å². The highest BCUT2D eigenvalue weighted by atomic mass is 79.9. The van der Waals surface area contributed by atoms with Crippen LogP contribution < -0.4 is 4.74 Å². The molecule has 0 fully saturated rings. The quantitative estimate of drug-likeness (QED) is 0.789. The number of hydrogen-bond donors (Lipinski definition) is 0. The number of alkyl halides is 3. The van der Waals surface area contributed by atoms with E-state index in [9.17, 15) is 8.78 Å². The van der Waals surface area contributed by atoms with Gasteiger partial charge < -0.3 is 4.74 Å². The number of rotatable bonds is 3. The summed E-state index contributed by atoms with van der Waals surface area (Å²) in [6.07, 6.45) is -2.60. The van der Waals surface area contributed by atoms with Crippen LogP contribution in [-0.2, 0) is 5.33 Å². The van der Waals surface area contributed by atoms with Crippen molar-refractivity contribution >= 4 is 31.9 Å². The van der Waals surface area contributed by atoms with Crippen LogP contribution in [0.5, 0.6) is 5.88 Å². The fourth-order valence-electron chi connectivity index (χ4n) is 0.971. The van der Waals surface area contributed by atoms with Crippen LogP contribution >= 0.6 is 31.9 Å². The number of halogens is 4. The van der Waals surface area contributed by atoms with Gasteiger partial charge in [-0.25, -0.2) is 13.8 Å². The van der Waals surface area contributed by atoms with Gasteiger partial charge in [-0.15, -0.1) is 0 Å². The molecule has 0 spiro atoms. The average molecular weight is 331 g/mol. The van der Waals surface area contributed by atoms with Crippen LogP contribution in [0, 0.1) is 0 Å². The van der Waals surface area contributed by atoms with E-state index in [1.807, 2.05) is 0 Å². The molecule has 0 radical (unpaired) electrons. The first-order valence-corrected chi connectivity index (χ1v) is 5.59. The zero-order valence-corrected chi connectivity index (χ0v) is 10.4. The third-order valence-corrected chi connectivity index (χ3v) is 2.81. The summed E-state index contributed by atoms with van der Waals surface area (Å²) >= 11 is 6.25. The van der Waals surface area contributed by atoms with Crippen molar-refractivity contribution in [2.45, 2.75) is 11.8 Å². The van der Waals surface area contributed by atoms with Gasteiger partial charge >= 0.3 is 0 Å². The highest BCUT2D eigenvalue weighted by Gasteiger charge is 2.19. The molecule has 2 nitrogen and oxygen atoms in total. The van der Waals surface area contributed by atoms with Crippen LogP contribution in [-0.4, -0.2) is 12.1 Å². The lowest BCUT2D eigenvalue weighted by Crippen LogP contribution is -1.99. The van der Waals surface area contributed by atoms with Crippen molar-refractivity contribution in [3.8, 4) is 5.88 Å². The molecule has 0 saturated heterocycles. The molecule has 6 heteroatoms. The highest BCUT2D eigenvalue weighted by molar-refractivity contribution is 9.10. The fraction of sp³-hybridized carbons (Fsp3) is 0.375. The number of hydrogen-bond acceptors (Lipinski definition) is 2. The summed E-state index contributed by atoms with van der Waals surface area (Å²) in [7, 11) is 1.32. The first kappa shape index (κ1) is 11.8. The Balaban J connectivity index is 3.27. The van der Waals surface area contributed by atoms with Crippen LogP contribution in [0.15, 0.2) is 10.5 Å². The molecule has 0 atom stereocenters. The molecule has 0 bridgehead atoms. The Labute approximate surface area is 96.9 Å². The highest BCUT2D eigenvalue weighted by Crippen LogP contribution is 2.34. The van der Waals surface area contributed by atoms with Gasteiger partial charge in [0.1, 0.15) is 0 Å². The van der Waals surface area contributed by atoms with E-state index in [0.29, 0.717) is 15.5 Å². The Morgan fingerprint density at radius 2 is 2.21 bits per heavy atom. The van der Waals surface area contributed by atoms with Crippen molar-refractivity contribution < 1.29 is 13.5 Å².